The summed E-state index contributed by atoms with van der Waals surface area (Å²) in [5.74, 6) is 2.82. The van der Waals surface area contributed by atoms with Crippen molar-refractivity contribution in [3.63, 3.8) is 0 Å². The zero-order chi connectivity index (χ0) is 24.8. The molecule has 0 atom stereocenters. The lowest BCUT2D eigenvalue weighted by atomic mass is 10.0. The first-order valence-electron chi connectivity index (χ1n) is 9.54. The molecule has 2 aromatic carbocycles. The van der Waals surface area contributed by atoms with Gasteiger partial charge in [0.2, 0.25) is 0 Å². The Morgan fingerprint density at radius 2 is 1.48 bits per heavy atom. The van der Waals surface area contributed by atoms with Crippen molar-refractivity contribution in [3.8, 4) is 11.5 Å². The van der Waals surface area contributed by atoms with E-state index >= 15 is 0 Å². The smallest absolute Gasteiger partial charge is 0.360 e. The molecule has 0 amide bonds. The Morgan fingerprint density at radius 1 is 0.970 bits per heavy atom. The minimum atomic E-state index is -4.94. The SMILES string of the molecule is CCc1c(C)[o+]c(C=Cc2ccc([N+](=O)[O-])cc2)c2cc(OC)c(OC)cc12.[O-][Cl+3]([O-])([O-])[O-]. The third kappa shape index (κ3) is 7.11. The molecular formula is C22H22ClNO9. The first-order valence-corrected chi connectivity index (χ1v) is 10.8. The molecule has 0 radical (unpaired) electrons. The van der Waals surface area contributed by atoms with Crippen molar-refractivity contribution in [2.24, 2.45) is 0 Å². The van der Waals surface area contributed by atoms with Gasteiger partial charge in [0.25, 0.3) is 5.69 Å². The third-order valence-corrected chi connectivity index (χ3v) is 4.69. The number of nitro benzene ring substituents is 1. The van der Waals surface area contributed by atoms with Gasteiger partial charge in [-0.1, -0.05) is 6.92 Å². The Bertz CT molecular complexity index is 1150. The maximum absolute atomic E-state index is 10.8. The van der Waals surface area contributed by atoms with Crippen molar-refractivity contribution in [2.75, 3.05) is 14.2 Å². The average molecular weight is 480 g/mol. The van der Waals surface area contributed by atoms with Gasteiger partial charge >= 0.3 is 11.5 Å². The van der Waals surface area contributed by atoms with Gasteiger partial charge in [0.1, 0.15) is 0 Å². The van der Waals surface area contributed by atoms with Crippen LogP contribution in [0.1, 0.15) is 29.6 Å². The summed E-state index contributed by atoms with van der Waals surface area (Å²) < 4.78 is 51.0. The zero-order valence-corrected chi connectivity index (χ0v) is 19.1. The van der Waals surface area contributed by atoms with Crippen LogP contribution in [-0.4, -0.2) is 19.1 Å². The van der Waals surface area contributed by atoms with Gasteiger partial charge in [-0.3, -0.25) is 10.1 Å². The van der Waals surface area contributed by atoms with Crippen LogP contribution in [0.2, 0.25) is 0 Å². The number of hydrogen-bond donors (Lipinski definition) is 0. The van der Waals surface area contributed by atoms with Crippen LogP contribution in [0.4, 0.5) is 5.69 Å². The van der Waals surface area contributed by atoms with Gasteiger partial charge in [0, 0.05) is 29.7 Å². The number of halogens is 1. The van der Waals surface area contributed by atoms with Gasteiger partial charge in [0.05, 0.1) is 37.0 Å². The number of nitrogens with zero attached hydrogens (tertiary/aromatic N) is 1. The summed E-state index contributed by atoms with van der Waals surface area (Å²) in [5.41, 5.74) is 2.02. The molecule has 1 heterocycles. The van der Waals surface area contributed by atoms with Crippen LogP contribution >= 0.6 is 0 Å². The number of rotatable bonds is 6. The highest BCUT2D eigenvalue weighted by Gasteiger charge is 2.22. The van der Waals surface area contributed by atoms with Crippen LogP contribution in [0.3, 0.4) is 0 Å². The van der Waals surface area contributed by atoms with E-state index in [-0.39, 0.29) is 5.69 Å². The topological polar surface area (TPSA) is 165 Å². The fourth-order valence-corrected chi connectivity index (χ4v) is 3.25. The Morgan fingerprint density at radius 3 is 1.94 bits per heavy atom. The van der Waals surface area contributed by atoms with Crippen molar-refractivity contribution in [2.45, 2.75) is 20.3 Å². The summed E-state index contributed by atoms with van der Waals surface area (Å²) in [4.78, 5) is 10.4. The van der Waals surface area contributed by atoms with Gasteiger partial charge in [0.15, 0.2) is 11.5 Å². The number of methoxy groups -OCH3 is 2. The molecule has 0 spiro atoms. The first-order chi connectivity index (χ1) is 15.5. The van der Waals surface area contributed by atoms with E-state index in [1.54, 1.807) is 26.4 Å². The highest BCUT2D eigenvalue weighted by molar-refractivity contribution is 5.95. The summed E-state index contributed by atoms with van der Waals surface area (Å²) in [6.07, 6.45) is 4.55. The molecule has 0 aliphatic rings. The molecule has 0 N–H and O–H groups in total. The van der Waals surface area contributed by atoms with Crippen molar-refractivity contribution in [1.29, 1.82) is 0 Å². The highest BCUT2D eigenvalue weighted by Crippen LogP contribution is 2.37. The second-order valence-corrected chi connectivity index (χ2v) is 7.42. The molecule has 0 aliphatic carbocycles. The van der Waals surface area contributed by atoms with E-state index in [2.05, 4.69) is 6.92 Å². The van der Waals surface area contributed by atoms with Crippen LogP contribution in [0.15, 0.2) is 40.8 Å². The van der Waals surface area contributed by atoms with E-state index in [4.69, 9.17) is 32.5 Å². The molecule has 0 saturated heterocycles. The van der Waals surface area contributed by atoms with Crippen LogP contribution in [0, 0.1) is 27.3 Å². The van der Waals surface area contributed by atoms with E-state index in [9.17, 15) is 10.1 Å². The van der Waals surface area contributed by atoms with E-state index in [1.165, 1.54) is 12.1 Å². The molecule has 11 heteroatoms. The zero-order valence-electron chi connectivity index (χ0n) is 18.3. The summed E-state index contributed by atoms with van der Waals surface area (Å²) in [5, 5.41) is 12.8. The highest BCUT2D eigenvalue weighted by atomic mass is 35.7. The molecule has 0 fully saturated rings. The van der Waals surface area contributed by atoms with E-state index in [1.807, 2.05) is 31.2 Å². The van der Waals surface area contributed by atoms with Crippen molar-refractivity contribution < 1.29 is 47.7 Å². The molecule has 3 rings (SSSR count). The van der Waals surface area contributed by atoms with Crippen LogP contribution < -0.4 is 28.1 Å². The van der Waals surface area contributed by atoms with Gasteiger partial charge < -0.3 is 9.47 Å². The largest absolute Gasteiger partial charge is 0.493 e. The second kappa shape index (κ2) is 11.0. The molecule has 1 aromatic heterocycles. The van der Waals surface area contributed by atoms with Gasteiger partial charge in [-0.2, -0.15) is 0 Å². The normalized spacial score (nSPS) is 11.3. The van der Waals surface area contributed by atoms with Gasteiger partial charge in [-0.25, -0.2) is 23.1 Å². The first kappa shape index (κ1) is 26.0. The minimum Gasteiger partial charge on any atom is -0.493 e. The molecule has 0 aliphatic heterocycles. The quantitative estimate of drug-likeness (QED) is 0.284. The molecule has 0 bridgehead atoms. The third-order valence-electron chi connectivity index (χ3n) is 4.69. The molecule has 176 valence electrons. The number of benzene rings is 2. The van der Waals surface area contributed by atoms with Crippen molar-refractivity contribution >= 4 is 28.6 Å². The lowest BCUT2D eigenvalue weighted by molar-refractivity contribution is -2.00. The minimum absolute atomic E-state index is 0.0623. The van der Waals surface area contributed by atoms with Crippen LogP contribution in [0.5, 0.6) is 11.5 Å². The molecule has 3 aromatic rings. The van der Waals surface area contributed by atoms with Gasteiger partial charge in [-0.15, -0.1) is 10.2 Å². The lowest BCUT2D eigenvalue weighted by Gasteiger charge is -2.17. The summed E-state index contributed by atoms with van der Waals surface area (Å²) in [6.45, 7) is 4.03. The van der Waals surface area contributed by atoms with E-state index < -0.39 is 15.2 Å². The number of non-ortho nitro benzene ring substituents is 1. The van der Waals surface area contributed by atoms with E-state index in [0.717, 1.165) is 34.1 Å². The predicted molar refractivity (Wildman–Crippen MR) is 110 cm³/mol. The van der Waals surface area contributed by atoms with Gasteiger partial charge in [-0.05, 0) is 36.3 Å². The lowest BCUT2D eigenvalue weighted by Crippen LogP contribution is -2.68. The predicted octanol–water partition coefficient (Wildman–Crippen LogP) is 0.925. The van der Waals surface area contributed by atoms with Crippen molar-refractivity contribution in [3.05, 3.63) is 69.2 Å². The Hall–Kier alpha value is -3.28. The fraction of sp³-hybridized carbons (Fsp3) is 0.227. The molecule has 33 heavy (non-hydrogen) atoms. The maximum atomic E-state index is 10.8. The number of hydrogen-bond acceptors (Lipinski definition) is 8. The maximum Gasteiger partial charge on any atom is 0.360 e. The summed E-state index contributed by atoms with van der Waals surface area (Å²) >= 11 is 0. The molecular weight excluding hydrogens is 458 g/mol. The Balaban J connectivity index is 0.000000696. The molecule has 10 nitrogen and oxygen atoms in total. The van der Waals surface area contributed by atoms with Crippen LogP contribution in [0.25, 0.3) is 22.9 Å². The van der Waals surface area contributed by atoms with Crippen molar-refractivity contribution in [1.82, 2.24) is 0 Å². The number of aryl methyl sites for hydroxylation is 2. The standard InChI is InChI=1S/C22H22NO5.ClHO4/c1-5-17-14(2)28-20(11-8-15-6-9-16(10-7-15)23(24)25)19-13-22(27-4)21(26-3)12-18(17)19;2-1(3,4)5/h6-13H,5H2,1-4H3;(H,2,3,4,5)/q+1;/p-1. The van der Waals surface area contributed by atoms with E-state index in [0.29, 0.717) is 17.3 Å². The summed E-state index contributed by atoms with van der Waals surface area (Å²) in [7, 11) is -1.73. The molecule has 0 unspecified atom stereocenters. The average Bonchev–Trinajstić information content (AvgIpc) is 2.75. The number of ether oxygens (including phenoxy) is 2. The number of fused-ring (bicyclic) bond motifs is 1. The second-order valence-electron chi connectivity index (χ2n) is 6.67. The van der Waals surface area contributed by atoms with Crippen LogP contribution in [-0.2, 0) is 6.42 Å². The summed E-state index contributed by atoms with van der Waals surface area (Å²) in [6, 6.07) is 10.2. The Labute approximate surface area is 191 Å². The molecule has 0 saturated carbocycles. The number of nitro groups is 1. The fourth-order valence-electron chi connectivity index (χ4n) is 3.25. The monoisotopic (exact) mass is 479 g/mol. The Kier molecular flexibility index (Phi) is 8.69.